The number of Topliss-reactive ketones (excluding diaryl/α,β-unsaturated/α-hetero) is 1. The number of rotatable bonds is 5. The first-order chi connectivity index (χ1) is 13.2. The molecule has 4 rings (SSSR count). The molecule has 0 spiro atoms. The van der Waals surface area contributed by atoms with Gasteiger partial charge in [0, 0.05) is 30.1 Å². The van der Waals surface area contributed by atoms with Crippen LogP contribution in [0.15, 0.2) is 48.5 Å². The zero-order valence-electron chi connectivity index (χ0n) is 16.1. The Kier molecular flexibility index (Phi) is 5.28. The van der Waals surface area contributed by atoms with E-state index in [-0.39, 0.29) is 11.7 Å². The molecule has 0 radical (unpaired) electrons. The van der Waals surface area contributed by atoms with Gasteiger partial charge in [-0.1, -0.05) is 30.3 Å². The molecular weight excluding hydrogens is 338 g/mol. The van der Waals surface area contributed by atoms with Gasteiger partial charge in [-0.05, 0) is 49.1 Å². The average Bonchev–Trinajstić information content (AvgIpc) is 2.68. The molecule has 2 atom stereocenters. The van der Waals surface area contributed by atoms with Gasteiger partial charge in [-0.2, -0.15) is 0 Å². The normalized spacial score (nSPS) is 25.2. The molecule has 2 aromatic carbocycles. The molecule has 2 aliphatic rings. The van der Waals surface area contributed by atoms with E-state index in [1.165, 1.54) is 5.56 Å². The summed E-state index contributed by atoms with van der Waals surface area (Å²) >= 11 is 0. The first-order valence-electron chi connectivity index (χ1n) is 9.72. The summed E-state index contributed by atoms with van der Waals surface area (Å²) in [4.78, 5) is 15.8. The Morgan fingerprint density at radius 2 is 1.81 bits per heavy atom. The number of ketones is 1. The maximum atomic E-state index is 13.2. The van der Waals surface area contributed by atoms with Crippen LogP contribution in [-0.4, -0.2) is 43.1 Å². The van der Waals surface area contributed by atoms with Crippen molar-refractivity contribution < 1.29 is 14.3 Å². The van der Waals surface area contributed by atoms with Crippen LogP contribution in [0.2, 0.25) is 0 Å². The highest BCUT2D eigenvalue weighted by Gasteiger charge is 2.41. The van der Waals surface area contributed by atoms with Crippen molar-refractivity contribution in [3.63, 3.8) is 0 Å². The summed E-state index contributed by atoms with van der Waals surface area (Å²) in [6.45, 7) is 4.36. The second-order valence-corrected chi connectivity index (χ2v) is 7.72. The third-order valence-electron chi connectivity index (χ3n) is 5.95. The van der Waals surface area contributed by atoms with Crippen LogP contribution >= 0.6 is 0 Å². The van der Waals surface area contributed by atoms with Gasteiger partial charge in [-0.25, -0.2) is 0 Å². The molecule has 2 unspecified atom stereocenters. The predicted molar refractivity (Wildman–Crippen MR) is 105 cm³/mol. The number of carbonyl (C=O) groups is 1. The summed E-state index contributed by atoms with van der Waals surface area (Å²) in [5.74, 6) is 1.14. The van der Waals surface area contributed by atoms with Gasteiger partial charge in [0.2, 0.25) is 0 Å². The van der Waals surface area contributed by atoms with Crippen LogP contribution in [0.5, 0.6) is 5.75 Å². The lowest BCUT2D eigenvalue weighted by Crippen LogP contribution is -2.57. The van der Waals surface area contributed by atoms with Gasteiger partial charge in [0.1, 0.15) is 5.75 Å². The molecule has 2 saturated heterocycles. The van der Waals surface area contributed by atoms with E-state index in [0.717, 1.165) is 36.3 Å². The number of fused-ring (bicyclic) bond motifs is 2. The van der Waals surface area contributed by atoms with E-state index in [1.807, 2.05) is 25.1 Å². The van der Waals surface area contributed by atoms with E-state index in [1.54, 1.807) is 7.11 Å². The van der Waals surface area contributed by atoms with Gasteiger partial charge in [-0.3, -0.25) is 9.69 Å². The first-order valence-corrected chi connectivity index (χ1v) is 9.72. The van der Waals surface area contributed by atoms with Crippen molar-refractivity contribution in [2.45, 2.75) is 38.4 Å². The Morgan fingerprint density at radius 1 is 1.11 bits per heavy atom. The number of hydrogen-bond acceptors (Lipinski definition) is 4. The Balaban J connectivity index is 1.50. The standard InChI is InChI=1S/C23H27NO3/c1-16-10-21(26-2)8-9-22(16)23(25)18-11-19-14-27-15-20(12-18)24(19)13-17-6-4-3-5-7-17/h3-10,18-20H,11-15H2,1-2H3. The van der Waals surface area contributed by atoms with Crippen molar-refractivity contribution in [1.82, 2.24) is 4.90 Å². The molecule has 142 valence electrons. The number of morpholine rings is 1. The first kappa shape index (κ1) is 18.2. The van der Waals surface area contributed by atoms with E-state index in [2.05, 4.69) is 35.2 Å². The van der Waals surface area contributed by atoms with Gasteiger partial charge >= 0.3 is 0 Å². The zero-order chi connectivity index (χ0) is 18.8. The third-order valence-corrected chi connectivity index (χ3v) is 5.95. The molecule has 4 heteroatoms. The van der Waals surface area contributed by atoms with E-state index in [0.29, 0.717) is 25.3 Å². The largest absolute Gasteiger partial charge is 0.497 e. The van der Waals surface area contributed by atoms with Crippen molar-refractivity contribution in [1.29, 1.82) is 0 Å². The van der Waals surface area contributed by atoms with Gasteiger partial charge in [0.15, 0.2) is 5.78 Å². The summed E-state index contributed by atoms with van der Waals surface area (Å²) in [5.41, 5.74) is 3.15. The van der Waals surface area contributed by atoms with Gasteiger partial charge in [0.25, 0.3) is 0 Å². The average molecular weight is 365 g/mol. The second kappa shape index (κ2) is 7.83. The van der Waals surface area contributed by atoms with Crippen LogP contribution in [-0.2, 0) is 11.3 Å². The number of methoxy groups -OCH3 is 1. The number of aryl methyl sites for hydroxylation is 1. The molecule has 0 amide bonds. The quantitative estimate of drug-likeness (QED) is 0.754. The van der Waals surface area contributed by atoms with E-state index in [9.17, 15) is 4.79 Å². The molecule has 2 aromatic rings. The number of ether oxygens (including phenoxy) is 2. The minimum Gasteiger partial charge on any atom is -0.497 e. The summed E-state index contributed by atoms with van der Waals surface area (Å²) in [6.07, 6.45) is 1.74. The Morgan fingerprint density at radius 3 is 2.44 bits per heavy atom. The fraction of sp³-hybridized carbons (Fsp3) is 0.435. The van der Waals surface area contributed by atoms with Crippen molar-refractivity contribution >= 4 is 5.78 Å². The molecular formula is C23H27NO3. The highest BCUT2D eigenvalue weighted by atomic mass is 16.5. The topological polar surface area (TPSA) is 38.8 Å². The molecule has 4 nitrogen and oxygen atoms in total. The Labute approximate surface area is 161 Å². The fourth-order valence-corrected chi connectivity index (χ4v) is 4.52. The number of carbonyl (C=O) groups excluding carboxylic acids is 1. The minimum atomic E-state index is 0.0722. The van der Waals surface area contributed by atoms with Crippen molar-refractivity contribution in [2.75, 3.05) is 20.3 Å². The van der Waals surface area contributed by atoms with E-state index < -0.39 is 0 Å². The summed E-state index contributed by atoms with van der Waals surface area (Å²) < 4.78 is 11.1. The van der Waals surface area contributed by atoms with E-state index in [4.69, 9.17) is 9.47 Å². The molecule has 0 aromatic heterocycles. The van der Waals surface area contributed by atoms with Gasteiger partial charge in [-0.15, -0.1) is 0 Å². The Bertz CT molecular complexity index is 791. The van der Waals surface area contributed by atoms with Crippen molar-refractivity contribution in [3.05, 3.63) is 65.2 Å². The number of hydrogen-bond donors (Lipinski definition) is 0. The molecule has 2 bridgehead atoms. The zero-order valence-corrected chi connectivity index (χ0v) is 16.1. The molecule has 2 heterocycles. The Hall–Kier alpha value is -2.17. The second-order valence-electron chi connectivity index (χ2n) is 7.72. The third kappa shape index (κ3) is 3.78. The molecule has 27 heavy (non-hydrogen) atoms. The lowest BCUT2D eigenvalue weighted by Gasteiger charge is -2.48. The number of nitrogens with zero attached hydrogens (tertiary/aromatic N) is 1. The molecule has 0 N–H and O–H groups in total. The number of piperidine rings is 1. The van der Waals surface area contributed by atoms with Crippen LogP contribution < -0.4 is 4.74 Å². The van der Waals surface area contributed by atoms with Gasteiger partial charge in [0.05, 0.1) is 20.3 Å². The highest BCUT2D eigenvalue weighted by Crippen LogP contribution is 2.35. The molecule has 0 saturated carbocycles. The summed E-state index contributed by atoms with van der Waals surface area (Å²) in [5, 5.41) is 0. The van der Waals surface area contributed by atoms with Crippen molar-refractivity contribution in [2.24, 2.45) is 5.92 Å². The van der Waals surface area contributed by atoms with Crippen LogP contribution in [0.3, 0.4) is 0 Å². The monoisotopic (exact) mass is 365 g/mol. The van der Waals surface area contributed by atoms with Crippen LogP contribution in [0, 0.1) is 12.8 Å². The summed E-state index contributed by atoms with van der Waals surface area (Å²) in [6, 6.07) is 16.9. The van der Waals surface area contributed by atoms with Crippen LogP contribution in [0.25, 0.3) is 0 Å². The lowest BCUT2D eigenvalue weighted by atomic mass is 9.79. The SMILES string of the molecule is COc1ccc(C(=O)C2CC3COCC(C2)N3Cc2ccccc2)c(C)c1. The fourth-order valence-electron chi connectivity index (χ4n) is 4.52. The molecule has 2 aliphatic heterocycles. The highest BCUT2D eigenvalue weighted by molar-refractivity contribution is 5.99. The molecule has 0 aliphatic carbocycles. The number of benzene rings is 2. The maximum Gasteiger partial charge on any atom is 0.166 e. The summed E-state index contributed by atoms with van der Waals surface area (Å²) in [7, 11) is 1.65. The van der Waals surface area contributed by atoms with E-state index >= 15 is 0 Å². The smallest absolute Gasteiger partial charge is 0.166 e. The predicted octanol–water partition coefficient (Wildman–Crippen LogP) is 3.87. The molecule has 2 fully saturated rings. The minimum absolute atomic E-state index is 0.0722. The van der Waals surface area contributed by atoms with Crippen molar-refractivity contribution in [3.8, 4) is 5.75 Å². The van der Waals surface area contributed by atoms with Crippen LogP contribution in [0.4, 0.5) is 0 Å². The van der Waals surface area contributed by atoms with Crippen LogP contribution in [0.1, 0.15) is 34.3 Å². The maximum absolute atomic E-state index is 13.2. The van der Waals surface area contributed by atoms with Gasteiger partial charge < -0.3 is 9.47 Å². The lowest BCUT2D eigenvalue weighted by molar-refractivity contribution is -0.0872.